The zero-order valence-corrected chi connectivity index (χ0v) is 11.1. The predicted molar refractivity (Wildman–Crippen MR) is 68.3 cm³/mol. The van der Waals surface area contributed by atoms with Gasteiger partial charge in [0.25, 0.3) is 0 Å². The van der Waals surface area contributed by atoms with E-state index in [0.29, 0.717) is 12.2 Å². The largest absolute Gasteiger partial charge is 0.462 e. The highest BCUT2D eigenvalue weighted by Gasteiger charge is 2.02. The molecule has 0 rings (SSSR count). The van der Waals surface area contributed by atoms with Gasteiger partial charge in [0.15, 0.2) is 0 Å². The van der Waals surface area contributed by atoms with Gasteiger partial charge >= 0.3 is 5.97 Å². The first kappa shape index (κ1) is 15.2. The molecular formula is C14H26O2. The van der Waals surface area contributed by atoms with Crippen LogP contribution >= 0.6 is 0 Å². The number of rotatable bonds is 9. The maximum atomic E-state index is 11.0. The van der Waals surface area contributed by atoms with Crippen molar-refractivity contribution in [3.8, 4) is 0 Å². The highest BCUT2D eigenvalue weighted by molar-refractivity contribution is 5.86. The van der Waals surface area contributed by atoms with Crippen molar-refractivity contribution < 1.29 is 9.53 Å². The van der Waals surface area contributed by atoms with Crippen LogP contribution in [0.2, 0.25) is 0 Å². The summed E-state index contributed by atoms with van der Waals surface area (Å²) in [7, 11) is 0. The molecule has 0 aromatic carbocycles. The van der Waals surface area contributed by atoms with Crippen molar-refractivity contribution in [2.75, 3.05) is 6.61 Å². The van der Waals surface area contributed by atoms with Crippen molar-refractivity contribution in [1.29, 1.82) is 0 Å². The van der Waals surface area contributed by atoms with Gasteiger partial charge in [-0.2, -0.15) is 0 Å². The van der Waals surface area contributed by atoms with E-state index in [2.05, 4.69) is 20.4 Å². The Morgan fingerprint density at radius 2 is 1.88 bits per heavy atom. The Labute approximate surface area is 100 Å². The van der Waals surface area contributed by atoms with Gasteiger partial charge in [0, 0.05) is 5.57 Å². The molecule has 0 aromatic heterocycles. The van der Waals surface area contributed by atoms with E-state index < -0.39 is 0 Å². The second-order valence-corrected chi connectivity index (χ2v) is 4.63. The molecule has 0 amide bonds. The molecule has 2 nitrogen and oxygen atoms in total. The second kappa shape index (κ2) is 9.44. The average Bonchev–Trinajstić information content (AvgIpc) is 2.26. The molecule has 0 aliphatic rings. The van der Waals surface area contributed by atoms with Crippen molar-refractivity contribution in [2.45, 2.75) is 59.3 Å². The van der Waals surface area contributed by atoms with Gasteiger partial charge < -0.3 is 4.74 Å². The predicted octanol–water partition coefficient (Wildman–Crippen LogP) is 4.10. The number of ether oxygens (including phenoxy) is 1. The fourth-order valence-electron chi connectivity index (χ4n) is 1.44. The molecule has 0 saturated heterocycles. The third kappa shape index (κ3) is 8.51. The van der Waals surface area contributed by atoms with Gasteiger partial charge in [-0.05, 0) is 19.3 Å². The molecule has 16 heavy (non-hydrogen) atoms. The van der Waals surface area contributed by atoms with Crippen molar-refractivity contribution in [2.24, 2.45) is 5.92 Å². The molecule has 0 bridgehead atoms. The van der Waals surface area contributed by atoms with Gasteiger partial charge in [-0.15, -0.1) is 0 Å². The molecule has 0 aliphatic carbocycles. The number of hydrogen-bond donors (Lipinski definition) is 0. The quantitative estimate of drug-likeness (QED) is 0.336. The van der Waals surface area contributed by atoms with E-state index in [1.165, 1.54) is 25.7 Å². The molecule has 0 aliphatic heterocycles. The van der Waals surface area contributed by atoms with Gasteiger partial charge in [-0.1, -0.05) is 52.5 Å². The Bertz CT molecular complexity index is 209. The van der Waals surface area contributed by atoms with Crippen LogP contribution in [0.5, 0.6) is 0 Å². The molecule has 0 aromatic rings. The van der Waals surface area contributed by atoms with Crippen molar-refractivity contribution in [3.05, 3.63) is 12.2 Å². The summed E-state index contributed by atoms with van der Waals surface area (Å²) in [6.45, 7) is 10.3. The van der Waals surface area contributed by atoms with E-state index in [1.54, 1.807) is 6.92 Å². The van der Waals surface area contributed by atoms with Crippen LogP contribution in [0.4, 0.5) is 0 Å². The summed E-state index contributed by atoms with van der Waals surface area (Å²) in [6.07, 6.45) is 7.26. The highest BCUT2D eigenvalue weighted by atomic mass is 16.5. The van der Waals surface area contributed by atoms with E-state index in [-0.39, 0.29) is 5.97 Å². The SMILES string of the molecule is C=C(C)C(=O)OCCCCCCC(C)CC. The molecule has 94 valence electrons. The average molecular weight is 226 g/mol. The molecule has 1 atom stereocenters. The fraction of sp³-hybridized carbons (Fsp3) is 0.786. The number of carbonyl (C=O) groups is 1. The lowest BCUT2D eigenvalue weighted by Gasteiger charge is -2.07. The summed E-state index contributed by atoms with van der Waals surface area (Å²) >= 11 is 0. The van der Waals surface area contributed by atoms with Crippen molar-refractivity contribution in [1.82, 2.24) is 0 Å². The van der Waals surface area contributed by atoms with E-state index in [1.807, 2.05) is 0 Å². The molecule has 2 heteroatoms. The minimum Gasteiger partial charge on any atom is -0.462 e. The Hall–Kier alpha value is -0.790. The zero-order valence-electron chi connectivity index (χ0n) is 11.1. The third-order valence-corrected chi connectivity index (χ3v) is 2.87. The van der Waals surface area contributed by atoms with E-state index in [4.69, 9.17) is 4.74 Å². The number of esters is 1. The van der Waals surface area contributed by atoms with Gasteiger partial charge in [0.1, 0.15) is 0 Å². The maximum Gasteiger partial charge on any atom is 0.333 e. The summed E-state index contributed by atoms with van der Waals surface area (Å²) in [5.41, 5.74) is 0.483. The standard InChI is InChI=1S/C14H26O2/c1-5-13(4)10-8-6-7-9-11-16-14(15)12(2)3/h13H,2,5-11H2,1,3-4H3. The first-order chi connectivity index (χ1) is 7.57. The molecular weight excluding hydrogens is 200 g/mol. The Kier molecular flexibility index (Phi) is 8.97. The lowest BCUT2D eigenvalue weighted by molar-refractivity contribution is -0.139. The van der Waals surface area contributed by atoms with Crippen LogP contribution in [0.1, 0.15) is 59.3 Å². The van der Waals surface area contributed by atoms with Crippen molar-refractivity contribution in [3.63, 3.8) is 0 Å². The number of hydrogen-bond acceptors (Lipinski definition) is 2. The first-order valence-electron chi connectivity index (χ1n) is 6.40. The van der Waals surface area contributed by atoms with Crippen LogP contribution in [0.3, 0.4) is 0 Å². The smallest absolute Gasteiger partial charge is 0.333 e. The first-order valence-corrected chi connectivity index (χ1v) is 6.40. The summed E-state index contributed by atoms with van der Waals surface area (Å²) in [5.74, 6) is 0.584. The zero-order chi connectivity index (χ0) is 12.4. The summed E-state index contributed by atoms with van der Waals surface area (Å²) in [5, 5.41) is 0. The van der Waals surface area contributed by atoms with Crippen LogP contribution in [-0.2, 0) is 9.53 Å². The number of carbonyl (C=O) groups excluding carboxylic acids is 1. The third-order valence-electron chi connectivity index (χ3n) is 2.87. The lowest BCUT2D eigenvalue weighted by Crippen LogP contribution is -2.06. The maximum absolute atomic E-state index is 11.0. The Morgan fingerprint density at radius 3 is 2.44 bits per heavy atom. The second-order valence-electron chi connectivity index (χ2n) is 4.63. The molecule has 0 N–H and O–H groups in total. The van der Waals surface area contributed by atoms with Crippen molar-refractivity contribution >= 4 is 5.97 Å². The normalized spacial score (nSPS) is 12.2. The van der Waals surface area contributed by atoms with Crippen LogP contribution in [-0.4, -0.2) is 12.6 Å². The summed E-state index contributed by atoms with van der Waals surface area (Å²) in [4.78, 5) is 11.0. The van der Waals surface area contributed by atoms with Gasteiger partial charge in [-0.25, -0.2) is 4.79 Å². The van der Waals surface area contributed by atoms with Crippen LogP contribution < -0.4 is 0 Å². The van der Waals surface area contributed by atoms with E-state index >= 15 is 0 Å². The van der Waals surface area contributed by atoms with Crippen LogP contribution in [0, 0.1) is 5.92 Å². The highest BCUT2D eigenvalue weighted by Crippen LogP contribution is 2.12. The van der Waals surface area contributed by atoms with Gasteiger partial charge in [0.05, 0.1) is 6.61 Å². The lowest BCUT2D eigenvalue weighted by atomic mass is 10.0. The molecule has 0 heterocycles. The molecule has 0 radical (unpaired) electrons. The molecule has 1 unspecified atom stereocenters. The van der Waals surface area contributed by atoms with Gasteiger partial charge in [-0.3, -0.25) is 0 Å². The van der Waals surface area contributed by atoms with E-state index in [0.717, 1.165) is 18.8 Å². The van der Waals surface area contributed by atoms with Gasteiger partial charge in [0.2, 0.25) is 0 Å². The minimum absolute atomic E-state index is 0.264. The summed E-state index contributed by atoms with van der Waals surface area (Å²) in [6, 6.07) is 0. The topological polar surface area (TPSA) is 26.3 Å². The van der Waals surface area contributed by atoms with Crippen LogP contribution in [0.25, 0.3) is 0 Å². The Morgan fingerprint density at radius 1 is 1.25 bits per heavy atom. The molecule has 0 saturated carbocycles. The summed E-state index contributed by atoms with van der Waals surface area (Å²) < 4.78 is 5.01. The minimum atomic E-state index is -0.264. The van der Waals surface area contributed by atoms with Crippen LogP contribution in [0.15, 0.2) is 12.2 Å². The molecule has 0 spiro atoms. The Balaban J connectivity index is 3.22. The van der Waals surface area contributed by atoms with E-state index in [9.17, 15) is 4.79 Å². The molecule has 0 fully saturated rings. The number of unbranched alkanes of at least 4 members (excludes halogenated alkanes) is 3. The monoisotopic (exact) mass is 226 g/mol. The fourth-order valence-corrected chi connectivity index (χ4v) is 1.44.